The normalized spacial score (nSPS) is 22.7. The Kier molecular flexibility index (Phi) is 6.68. The number of nitrogens with zero attached hydrogens (tertiary/aromatic N) is 5. The van der Waals surface area contributed by atoms with Crippen LogP contribution in [0.1, 0.15) is 31.9 Å². The molecular weight excluding hydrogens is 462 g/mol. The molecule has 0 unspecified atom stereocenters. The Balaban J connectivity index is 1.28. The molecule has 33 heavy (non-hydrogen) atoms. The average Bonchev–Trinajstić information content (AvgIpc) is 3.16. The zero-order valence-electron chi connectivity index (χ0n) is 18.8. The molecule has 3 aliphatic rings. The maximum atomic E-state index is 10.0. The molecular formula is C23H30ClN5O3S. The lowest BCUT2D eigenvalue weighted by molar-refractivity contribution is 0.0975. The first kappa shape index (κ1) is 23.1. The number of hydrogen-bond donors (Lipinski definition) is 2. The molecule has 10 heteroatoms. The number of halogens is 1. The molecule has 178 valence electrons. The van der Waals surface area contributed by atoms with Crippen LogP contribution in [0, 0.1) is 11.3 Å². The predicted octanol–water partition coefficient (Wildman–Crippen LogP) is 2.99. The highest BCUT2D eigenvalue weighted by Gasteiger charge is 2.41. The van der Waals surface area contributed by atoms with E-state index in [9.17, 15) is 10.2 Å². The summed E-state index contributed by atoms with van der Waals surface area (Å²) in [7, 11) is 0. The second kappa shape index (κ2) is 9.54. The first-order valence-corrected chi connectivity index (χ1v) is 12.7. The van der Waals surface area contributed by atoms with Crippen LogP contribution >= 0.6 is 23.4 Å². The van der Waals surface area contributed by atoms with Crippen molar-refractivity contribution in [3.8, 4) is 0 Å². The molecule has 0 amide bonds. The van der Waals surface area contributed by atoms with Crippen molar-refractivity contribution in [3.05, 3.63) is 29.2 Å². The molecule has 2 aromatic heterocycles. The third-order valence-electron chi connectivity index (χ3n) is 7.03. The first-order valence-electron chi connectivity index (χ1n) is 11.5. The summed E-state index contributed by atoms with van der Waals surface area (Å²) in [6.45, 7) is 6.32. The van der Waals surface area contributed by atoms with Gasteiger partial charge in [0, 0.05) is 49.8 Å². The van der Waals surface area contributed by atoms with Gasteiger partial charge in [-0.2, -0.15) is 0 Å². The molecule has 1 spiro atoms. The number of ether oxygens (including phenoxy) is 1. The second-order valence-electron chi connectivity index (χ2n) is 9.45. The van der Waals surface area contributed by atoms with E-state index in [1.807, 2.05) is 6.07 Å². The lowest BCUT2D eigenvalue weighted by Gasteiger charge is -2.39. The molecule has 0 aliphatic carbocycles. The largest absolute Gasteiger partial charge is 0.396 e. The van der Waals surface area contributed by atoms with Crippen molar-refractivity contribution in [2.75, 3.05) is 49.2 Å². The van der Waals surface area contributed by atoms with Crippen LogP contribution in [0.3, 0.4) is 0 Å². The van der Waals surface area contributed by atoms with Crippen LogP contribution in [0.5, 0.6) is 0 Å². The highest BCUT2D eigenvalue weighted by Crippen LogP contribution is 2.43. The molecule has 2 N–H and O–H groups in total. The van der Waals surface area contributed by atoms with E-state index >= 15 is 0 Å². The van der Waals surface area contributed by atoms with Gasteiger partial charge in [-0.3, -0.25) is 0 Å². The van der Waals surface area contributed by atoms with Crippen LogP contribution in [0.25, 0.3) is 0 Å². The van der Waals surface area contributed by atoms with Gasteiger partial charge < -0.3 is 24.7 Å². The Hall–Kier alpha value is -1.65. The van der Waals surface area contributed by atoms with Gasteiger partial charge in [-0.15, -0.1) is 0 Å². The van der Waals surface area contributed by atoms with Crippen LogP contribution in [0.4, 0.5) is 11.6 Å². The smallest absolute Gasteiger partial charge is 0.152 e. The first-order chi connectivity index (χ1) is 16.0. The van der Waals surface area contributed by atoms with Crippen LogP contribution in [0.2, 0.25) is 5.02 Å². The highest BCUT2D eigenvalue weighted by molar-refractivity contribution is 7.99. The van der Waals surface area contributed by atoms with Gasteiger partial charge in [-0.1, -0.05) is 23.4 Å². The highest BCUT2D eigenvalue weighted by atomic mass is 35.5. The Morgan fingerprint density at radius 1 is 1.18 bits per heavy atom. The van der Waals surface area contributed by atoms with E-state index in [0.717, 1.165) is 68.6 Å². The van der Waals surface area contributed by atoms with E-state index in [1.54, 1.807) is 12.4 Å². The summed E-state index contributed by atoms with van der Waals surface area (Å²) in [4.78, 5) is 19.0. The van der Waals surface area contributed by atoms with E-state index in [-0.39, 0.29) is 19.1 Å². The number of anilines is 2. The summed E-state index contributed by atoms with van der Waals surface area (Å²) in [5, 5.41) is 20.5. The molecule has 0 aromatic carbocycles. The molecule has 8 nitrogen and oxygen atoms in total. The third-order valence-corrected chi connectivity index (χ3v) is 8.48. The van der Waals surface area contributed by atoms with E-state index in [2.05, 4.69) is 26.7 Å². The number of aromatic nitrogens is 3. The topological polar surface area (TPSA) is 94.8 Å². The van der Waals surface area contributed by atoms with Crippen molar-refractivity contribution >= 4 is 35.0 Å². The average molecular weight is 492 g/mol. The van der Waals surface area contributed by atoms with E-state index < -0.39 is 0 Å². The Morgan fingerprint density at radius 2 is 1.97 bits per heavy atom. The van der Waals surface area contributed by atoms with Crippen molar-refractivity contribution in [1.29, 1.82) is 0 Å². The molecule has 3 saturated heterocycles. The van der Waals surface area contributed by atoms with Gasteiger partial charge in [0.1, 0.15) is 16.5 Å². The van der Waals surface area contributed by atoms with E-state index in [0.29, 0.717) is 27.3 Å². The van der Waals surface area contributed by atoms with E-state index in [4.69, 9.17) is 21.3 Å². The summed E-state index contributed by atoms with van der Waals surface area (Å²) >= 11 is 8.07. The number of piperidine rings is 1. The minimum Gasteiger partial charge on any atom is -0.396 e. The van der Waals surface area contributed by atoms with Gasteiger partial charge in [0.15, 0.2) is 5.82 Å². The van der Waals surface area contributed by atoms with Gasteiger partial charge in [-0.25, -0.2) is 15.0 Å². The van der Waals surface area contributed by atoms with Crippen molar-refractivity contribution in [2.24, 2.45) is 11.3 Å². The fraction of sp³-hybridized carbons (Fsp3) is 0.609. The maximum Gasteiger partial charge on any atom is 0.152 e. The lowest BCUT2D eigenvalue weighted by atomic mass is 9.77. The van der Waals surface area contributed by atoms with Gasteiger partial charge in [-0.05, 0) is 37.7 Å². The minimum atomic E-state index is -0.163. The molecule has 0 bridgehead atoms. The standard InChI is InChI=1S/C23H30ClN5O3S/c1-15-8-23(14-32-15)3-6-28(7-4-23)21-17(13-31)27-19(9-26-21)33-18-2-5-25-22(20(18)24)29-10-16(11-29)12-30/h2,5,9,15-16,30-31H,3-4,6-8,10-14H2,1H3/t15-/m0/s1. The van der Waals surface area contributed by atoms with Crippen molar-refractivity contribution in [2.45, 2.75) is 48.8 Å². The Bertz CT molecular complexity index is 998. The number of aliphatic hydroxyl groups excluding tert-OH is 2. The quantitative estimate of drug-likeness (QED) is 0.632. The van der Waals surface area contributed by atoms with Crippen LogP contribution in [-0.2, 0) is 11.3 Å². The molecule has 3 aliphatic heterocycles. The summed E-state index contributed by atoms with van der Waals surface area (Å²) in [6.07, 6.45) is 7.11. The number of aliphatic hydroxyl groups is 2. The zero-order valence-corrected chi connectivity index (χ0v) is 20.4. The van der Waals surface area contributed by atoms with Crippen molar-refractivity contribution < 1.29 is 14.9 Å². The van der Waals surface area contributed by atoms with Crippen LogP contribution in [-0.4, -0.2) is 70.7 Å². The van der Waals surface area contributed by atoms with Crippen molar-refractivity contribution in [1.82, 2.24) is 15.0 Å². The number of pyridine rings is 1. The summed E-state index contributed by atoms with van der Waals surface area (Å²) < 4.78 is 5.84. The monoisotopic (exact) mass is 491 g/mol. The molecule has 2 aromatic rings. The SMILES string of the molecule is C[C@H]1CC2(CCN(c3ncc(Sc4ccnc(N5CC(CO)C5)c4Cl)nc3CO)CC2)CO1. The molecule has 5 rings (SSSR count). The summed E-state index contributed by atoms with van der Waals surface area (Å²) in [5.74, 6) is 1.77. The summed E-state index contributed by atoms with van der Waals surface area (Å²) in [6, 6.07) is 1.86. The molecule has 0 radical (unpaired) electrons. The molecule has 3 fully saturated rings. The fourth-order valence-electron chi connectivity index (χ4n) is 5.10. The Morgan fingerprint density at radius 3 is 2.64 bits per heavy atom. The van der Waals surface area contributed by atoms with Gasteiger partial charge in [0.2, 0.25) is 0 Å². The van der Waals surface area contributed by atoms with Crippen LogP contribution < -0.4 is 9.80 Å². The molecule has 1 atom stereocenters. The number of rotatable bonds is 6. The maximum absolute atomic E-state index is 10.0. The minimum absolute atomic E-state index is 0.163. The van der Waals surface area contributed by atoms with Gasteiger partial charge in [0.25, 0.3) is 0 Å². The molecule has 0 saturated carbocycles. The Labute approximate surface area is 203 Å². The van der Waals surface area contributed by atoms with Gasteiger partial charge in [0.05, 0.1) is 30.5 Å². The third kappa shape index (κ3) is 4.66. The molecule has 5 heterocycles. The van der Waals surface area contributed by atoms with Gasteiger partial charge >= 0.3 is 0 Å². The zero-order chi connectivity index (χ0) is 23.0. The predicted molar refractivity (Wildman–Crippen MR) is 128 cm³/mol. The van der Waals surface area contributed by atoms with E-state index in [1.165, 1.54) is 11.8 Å². The van der Waals surface area contributed by atoms with Crippen LogP contribution in [0.15, 0.2) is 28.4 Å². The number of hydrogen-bond acceptors (Lipinski definition) is 9. The van der Waals surface area contributed by atoms with Crippen molar-refractivity contribution in [3.63, 3.8) is 0 Å². The summed E-state index contributed by atoms with van der Waals surface area (Å²) in [5.41, 5.74) is 0.882. The fourth-order valence-corrected chi connectivity index (χ4v) is 6.24. The lowest BCUT2D eigenvalue weighted by Crippen LogP contribution is -2.48. The second-order valence-corrected chi connectivity index (χ2v) is 10.9.